The molecule has 2 aromatic rings. The normalized spacial score (nSPS) is 21.8. The molecule has 2 atom stereocenters. The van der Waals surface area contributed by atoms with Crippen LogP contribution in [0, 0.1) is 6.92 Å². The fourth-order valence-corrected chi connectivity index (χ4v) is 5.24. The molecule has 1 aromatic carbocycles. The van der Waals surface area contributed by atoms with Crippen LogP contribution in [-0.2, 0) is 9.53 Å². The summed E-state index contributed by atoms with van der Waals surface area (Å²) in [6.07, 6.45) is 0. The molecular formula is C24H30N4O3S. The molecule has 7 nitrogen and oxygen atoms in total. The Morgan fingerprint density at radius 2 is 2.09 bits per heavy atom. The number of urea groups is 1. The van der Waals surface area contributed by atoms with Gasteiger partial charge in [-0.3, -0.25) is 4.90 Å². The summed E-state index contributed by atoms with van der Waals surface area (Å²) < 4.78 is 5.36. The van der Waals surface area contributed by atoms with Gasteiger partial charge < -0.3 is 20.3 Å². The zero-order valence-electron chi connectivity index (χ0n) is 18.8. The van der Waals surface area contributed by atoms with Crippen molar-refractivity contribution in [2.45, 2.75) is 32.9 Å². The van der Waals surface area contributed by atoms with Crippen LogP contribution in [0.4, 0.5) is 10.5 Å². The van der Waals surface area contributed by atoms with E-state index in [-0.39, 0.29) is 18.6 Å². The lowest BCUT2D eigenvalue weighted by molar-refractivity contribution is -0.139. The summed E-state index contributed by atoms with van der Waals surface area (Å²) in [6.45, 7) is 9.45. The number of esters is 1. The zero-order valence-corrected chi connectivity index (χ0v) is 19.6. The number of aryl methyl sites for hydroxylation is 1. The van der Waals surface area contributed by atoms with Gasteiger partial charge in [0, 0.05) is 48.5 Å². The number of rotatable bonds is 6. The SMILES string of the molecule is CCOC(=O)C1=C(CN2CCN(c3cccc(C)c3)[C@H](C)C2)NC(=O)N[C@@H]1c1cccs1. The first-order chi connectivity index (χ1) is 15.5. The quantitative estimate of drug-likeness (QED) is 0.654. The average molecular weight is 455 g/mol. The van der Waals surface area contributed by atoms with Gasteiger partial charge in [0.2, 0.25) is 0 Å². The van der Waals surface area contributed by atoms with E-state index in [1.807, 2.05) is 17.5 Å². The van der Waals surface area contributed by atoms with Gasteiger partial charge in [-0.1, -0.05) is 18.2 Å². The topological polar surface area (TPSA) is 73.9 Å². The molecule has 2 aliphatic heterocycles. The van der Waals surface area contributed by atoms with Crippen molar-refractivity contribution in [1.82, 2.24) is 15.5 Å². The van der Waals surface area contributed by atoms with Crippen molar-refractivity contribution in [2.24, 2.45) is 0 Å². The Hall–Kier alpha value is -2.84. The number of amides is 2. The second kappa shape index (κ2) is 9.75. The summed E-state index contributed by atoms with van der Waals surface area (Å²) in [5.74, 6) is -0.389. The van der Waals surface area contributed by atoms with Crippen molar-refractivity contribution in [3.8, 4) is 0 Å². The highest BCUT2D eigenvalue weighted by Crippen LogP contribution is 2.31. The monoisotopic (exact) mass is 454 g/mol. The lowest BCUT2D eigenvalue weighted by Crippen LogP contribution is -2.54. The van der Waals surface area contributed by atoms with Crippen LogP contribution in [0.2, 0.25) is 0 Å². The van der Waals surface area contributed by atoms with Crippen LogP contribution < -0.4 is 15.5 Å². The van der Waals surface area contributed by atoms with Crippen LogP contribution in [0.1, 0.15) is 30.3 Å². The largest absolute Gasteiger partial charge is 0.463 e. The average Bonchev–Trinajstić information content (AvgIpc) is 3.28. The molecule has 2 N–H and O–H groups in total. The van der Waals surface area contributed by atoms with Gasteiger partial charge in [-0.15, -0.1) is 11.3 Å². The second-order valence-electron chi connectivity index (χ2n) is 8.28. The first kappa shape index (κ1) is 22.4. The third-order valence-corrected chi connectivity index (χ3v) is 6.84. The number of thiophene rings is 1. The van der Waals surface area contributed by atoms with Gasteiger partial charge in [-0.2, -0.15) is 0 Å². The lowest BCUT2D eigenvalue weighted by Gasteiger charge is -2.42. The number of benzene rings is 1. The minimum absolute atomic E-state index is 0.285. The summed E-state index contributed by atoms with van der Waals surface area (Å²) in [4.78, 5) is 31.0. The van der Waals surface area contributed by atoms with E-state index in [0.717, 1.165) is 24.5 Å². The number of carbonyl (C=O) groups excluding carboxylic acids is 2. The maximum atomic E-state index is 12.9. The van der Waals surface area contributed by atoms with Crippen LogP contribution in [0.15, 0.2) is 53.0 Å². The maximum absolute atomic E-state index is 12.9. The van der Waals surface area contributed by atoms with Crippen molar-refractivity contribution in [3.63, 3.8) is 0 Å². The summed E-state index contributed by atoms with van der Waals surface area (Å²) in [6, 6.07) is 11.9. The summed E-state index contributed by atoms with van der Waals surface area (Å²) in [5, 5.41) is 7.72. The van der Waals surface area contributed by atoms with E-state index in [9.17, 15) is 9.59 Å². The Morgan fingerprint density at radius 3 is 2.78 bits per heavy atom. The van der Waals surface area contributed by atoms with Gasteiger partial charge in [0.25, 0.3) is 0 Å². The van der Waals surface area contributed by atoms with Crippen LogP contribution in [0.25, 0.3) is 0 Å². The van der Waals surface area contributed by atoms with Crippen molar-refractivity contribution < 1.29 is 14.3 Å². The molecule has 32 heavy (non-hydrogen) atoms. The van der Waals surface area contributed by atoms with Gasteiger partial charge in [0.05, 0.1) is 18.2 Å². The summed E-state index contributed by atoms with van der Waals surface area (Å²) in [7, 11) is 0. The molecule has 0 radical (unpaired) electrons. The smallest absolute Gasteiger partial charge is 0.338 e. The summed E-state index contributed by atoms with van der Waals surface area (Å²) >= 11 is 1.51. The third-order valence-electron chi connectivity index (χ3n) is 5.90. The first-order valence-corrected chi connectivity index (χ1v) is 11.9. The van der Waals surface area contributed by atoms with Gasteiger partial charge in [-0.05, 0) is 49.9 Å². The van der Waals surface area contributed by atoms with Crippen LogP contribution >= 0.6 is 11.3 Å². The van der Waals surface area contributed by atoms with E-state index in [0.29, 0.717) is 23.9 Å². The molecule has 0 spiro atoms. The number of hydrogen-bond donors (Lipinski definition) is 2. The van der Waals surface area contributed by atoms with Crippen molar-refractivity contribution in [3.05, 3.63) is 63.5 Å². The van der Waals surface area contributed by atoms with Gasteiger partial charge in [-0.25, -0.2) is 9.59 Å². The maximum Gasteiger partial charge on any atom is 0.338 e. The van der Waals surface area contributed by atoms with E-state index >= 15 is 0 Å². The predicted molar refractivity (Wildman–Crippen MR) is 127 cm³/mol. The number of ether oxygens (including phenoxy) is 1. The molecule has 0 saturated carbocycles. The second-order valence-corrected chi connectivity index (χ2v) is 9.26. The van der Waals surface area contributed by atoms with E-state index in [1.54, 1.807) is 6.92 Å². The molecule has 8 heteroatoms. The molecule has 4 rings (SSSR count). The molecule has 1 saturated heterocycles. The Bertz CT molecular complexity index is 1000. The Balaban J connectivity index is 1.56. The molecule has 0 unspecified atom stereocenters. The van der Waals surface area contributed by atoms with Crippen LogP contribution in [0.3, 0.4) is 0 Å². The number of anilines is 1. The molecule has 0 aliphatic carbocycles. The minimum atomic E-state index is -0.496. The Kier molecular flexibility index (Phi) is 6.81. The third kappa shape index (κ3) is 4.81. The van der Waals surface area contributed by atoms with Crippen LogP contribution in [-0.4, -0.2) is 55.7 Å². The summed E-state index contributed by atoms with van der Waals surface area (Å²) in [5.41, 5.74) is 3.60. The van der Waals surface area contributed by atoms with E-state index in [1.165, 1.54) is 22.6 Å². The molecule has 170 valence electrons. The predicted octanol–water partition coefficient (Wildman–Crippen LogP) is 3.44. The molecular weight excluding hydrogens is 424 g/mol. The molecule has 2 amide bonds. The molecule has 0 bridgehead atoms. The van der Waals surface area contributed by atoms with E-state index in [4.69, 9.17) is 4.74 Å². The number of piperazine rings is 1. The standard InChI is InChI=1S/C24H30N4O3S/c1-4-31-23(29)21-19(25-24(30)26-22(21)20-9-6-12-32-20)15-27-10-11-28(17(3)14-27)18-8-5-7-16(2)13-18/h5-9,12-13,17,22H,4,10-11,14-15H2,1-3H3,(H2,25,26,30)/t17-,22-/m1/s1. The molecule has 1 aromatic heterocycles. The lowest BCUT2D eigenvalue weighted by atomic mass is 10.00. The van der Waals surface area contributed by atoms with Crippen molar-refractivity contribution >= 4 is 29.0 Å². The highest BCUT2D eigenvalue weighted by molar-refractivity contribution is 7.10. The van der Waals surface area contributed by atoms with Crippen LogP contribution in [0.5, 0.6) is 0 Å². The Morgan fingerprint density at radius 1 is 1.25 bits per heavy atom. The van der Waals surface area contributed by atoms with Crippen molar-refractivity contribution in [1.29, 1.82) is 0 Å². The fourth-order valence-electron chi connectivity index (χ4n) is 4.45. The first-order valence-electron chi connectivity index (χ1n) is 11.0. The fraction of sp³-hybridized carbons (Fsp3) is 0.417. The highest BCUT2D eigenvalue weighted by Gasteiger charge is 2.35. The van der Waals surface area contributed by atoms with E-state index in [2.05, 4.69) is 58.5 Å². The molecule has 1 fully saturated rings. The number of carbonyl (C=O) groups is 2. The number of hydrogen-bond acceptors (Lipinski definition) is 6. The minimum Gasteiger partial charge on any atom is -0.463 e. The van der Waals surface area contributed by atoms with Gasteiger partial charge in [0.15, 0.2) is 0 Å². The highest BCUT2D eigenvalue weighted by atomic mass is 32.1. The van der Waals surface area contributed by atoms with Gasteiger partial charge >= 0.3 is 12.0 Å². The number of nitrogens with zero attached hydrogens (tertiary/aromatic N) is 2. The van der Waals surface area contributed by atoms with E-state index < -0.39 is 6.04 Å². The van der Waals surface area contributed by atoms with Gasteiger partial charge in [0.1, 0.15) is 0 Å². The zero-order chi connectivity index (χ0) is 22.7. The molecule has 3 heterocycles. The number of nitrogens with one attached hydrogen (secondary N) is 2. The Labute approximate surface area is 193 Å². The van der Waals surface area contributed by atoms with Crippen molar-refractivity contribution in [2.75, 3.05) is 37.7 Å². The molecule has 2 aliphatic rings.